The third kappa shape index (κ3) is 10.6. The van der Waals surface area contributed by atoms with Crippen LogP contribution in [-0.4, -0.2) is 176 Å². The fraction of sp³-hybridized carbons (Fsp3) is 0.732. The van der Waals surface area contributed by atoms with Crippen LogP contribution < -0.4 is 10.6 Å². The van der Waals surface area contributed by atoms with Gasteiger partial charge in [-0.25, -0.2) is 4.68 Å². The molecule has 1 saturated carbocycles. The molecule has 19 nitrogen and oxygen atoms in total. The van der Waals surface area contributed by atoms with Crippen molar-refractivity contribution in [3.63, 3.8) is 0 Å². The Morgan fingerprint density at radius 2 is 1.72 bits per heavy atom. The van der Waals surface area contributed by atoms with E-state index in [-0.39, 0.29) is 31.0 Å². The molecule has 15 atom stereocenters. The van der Waals surface area contributed by atoms with Gasteiger partial charge in [-0.15, -0.1) is 5.10 Å². The summed E-state index contributed by atoms with van der Waals surface area (Å²) >= 11 is 0. The van der Waals surface area contributed by atoms with E-state index in [4.69, 9.17) is 23.7 Å². The lowest BCUT2D eigenvalue weighted by molar-refractivity contribution is -0.337. The number of aliphatic hydroxyl groups excluding tert-OH is 5. The second-order valence-corrected chi connectivity index (χ2v) is 16.3. The van der Waals surface area contributed by atoms with Gasteiger partial charge < -0.3 is 64.8 Å². The summed E-state index contributed by atoms with van der Waals surface area (Å²) in [5.74, 6) is -1.45. The van der Waals surface area contributed by atoms with Gasteiger partial charge in [0, 0.05) is 37.9 Å². The molecule has 7 N–H and O–H groups in total. The zero-order valence-electron chi connectivity index (χ0n) is 34.7. The number of carbonyl (C=O) groups excluding carboxylic acids is 3. The highest BCUT2D eigenvalue weighted by molar-refractivity contribution is 5.82. The fourth-order valence-electron chi connectivity index (χ4n) is 8.47. The lowest BCUT2D eigenvalue weighted by Gasteiger charge is -2.49. The minimum Gasteiger partial charge on any atom is -0.394 e. The number of nitrogens with zero attached hydrogens (tertiary/aromatic N) is 4. The number of hydrogen-bond donors (Lipinski definition) is 7. The Hall–Kier alpha value is -3.47. The van der Waals surface area contributed by atoms with Crippen molar-refractivity contribution in [3.05, 3.63) is 36.5 Å². The fourth-order valence-corrected chi connectivity index (χ4v) is 8.47. The molecule has 3 aliphatic heterocycles. The van der Waals surface area contributed by atoms with Crippen molar-refractivity contribution in [2.75, 3.05) is 33.3 Å². The van der Waals surface area contributed by atoms with Crippen LogP contribution in [0.4, 0.5) is 0 Å². The molecule has 4 fully saturated rings. The summed E-state index contributed by atoms with van der Waals surface area (Å²) < 4.78 is 33.5. The molecule has 60 heavy (non-hydrogen) atoms. The minimum atomic E-state index is -1.70. The summed E-state index contributed by atoms with van der Waals surface area (Å²) in [6.45, 7) is 5.78. The van der Waals surface area contributed by atoms with Crippen LogP contribution in [0, 0.1) is 5.92 Å². The number of rotatable bonds is 18. The molecule has 2 amide bonds. The number of hydrogen-bond acceptors (Lipinski definition) is 16. The Balaban J connectivity index is 1.40. The van der Waals surface area contributed by atoms with E-state index in [0.717, 1.165) is 12.0 Å². The molecule has 19 heteroatoms. The Kier molecular flexibility index (Phi) is 16.2. The first-order chi connectivity index (χ1) is 28.8. The van der Waals surface area contributed by atoms with Crippen molar-refractivity contribution in [1.82, 2.24) is 30.5 Å². The molecule has 0 spiro atoms. The number of aromatic nitrogens is 3. The SMILES string of the molecule is CCC[C@H](OC1C(NC(C)=O)[C@H](O[C@@H]2CC(C(=O)CCCNC)CC(n3cc(-c4ccccc4)nn3)[C@H]2O[C@@H]2OC(C)[C@@H](O)[C@H](O)C2O)O[C@@H](CO)[C@@H]1O)C(=O)N1CCC1. The van der Waals surface area contributed by atoms with Crippen LogP contribution in [0.25, 0.3) is 11.3 Å². The number of carbonyl (C=O) groups is 3. The minimum absolute atomic E-state index is 0.0495. The summed E-state index contributed by atoms with van der Waals surface area (Å²) in [7, 11) is 1.80. The van der Waals surface area contributed by atoms with Gasteiger partial charge in [0.25, 0.3) is 5.91 Å². The van der Waals surface area contributed by atoms with Crippen molar-refractivity contribution in [1.29, 1.82) is 0 Å². The molecular weight excluding hydrogens is 784 g/mol. The third-order valence-electron chi connectivity index (χ3n) is 12.0. The van der Waals surface area contributed by atoms with Gasteiger partial charge in [0.1, 0.15) is 66.4 Å². The maximum atomic E-state index is 14.0. The molecule has 4 aliphatic rings. The number of ether oxygens (including phenoxy) is 5. The number of aliphatic hydroxyl groups is 5. The summed E-state index contributed by atoms with van der Waals surface area (Å²) in [5.41, 5.74) is 1.31. The van der Waals surface area contributed by atoms with Gasteiger partial charge in [0.05, 0.1) is 31.1 Å². The highest BCUT2D eigenvalue weighted by Crippen LogP contribution is 2.41. The van der Waals surface area contributed by atoms with Gasteiger partial charge in [-0.1, -0.05) is 48.9 Å². The van der Waals surface area contributed by atoms with E-state index in [9.17, 15) is 39.9 Å². The van der Waals surface area contributed by atoms with Gasteiger partial charge in [0.2, 0.25) is 5.91 Å². The first kappa shape index (κ1) is 46.0. The van der Waals surface area contributed by atoms with E-state index >= 15 is 0 Å². The molecule has 1 aromatic carbocycles. The van der Waals surface area contributed by atoms with Crippen molar-refractivity contribution in [3.8, 4) is 11.3 Å². The van der Waals surface area contributed by atoms with Gasteiger partial charge in [-0.2, -0.15) is 0 Å². The van der Waals surface area contributed by atoms with E-state index in [2.05, 4.69) is 20.9 Å². The average molecular weight is 847 g/mol. The number of Topliss-reactive ketones (excluding diaryl/α,β-unsaturated/α-hetero) is 1. The molecule has 3 saturated heterocycles. The first-order valence-electron chi connectivity index (χ1n) is 21.2. The quantitative estimate of drug-likeness (QED) is 0.0928. The Morgan fingerprint density at radius 3 is 2.37 bits per heavy atom. The summed E-state index contributed by atoms with van der Waals surface area (Å²) in [4.78, 5) is 42.1. The van der Waals surface area contributed by atoms with Crippen LogP contribution in [0.5, 0.6) is 0 Å². The zero-order valence-corrected chi connectivity index (χ0v) is 34.7. The van der Waals surface area contributed by atoms with Crippen LogP contribution in [0.1, 0.15) is 71.8 Å². The molecular formula is C41H62N6O13. The lowest BCUT2D eigenvalue weighted by Crippen LogP contribution is -2.67. The number of likely N-dealkylation sites (tertiary alicyclic amines) is 1. The molecule has 1 aromatic heterocycles. The van der Waals surface area contributed by atoms with E-state index in [1.807, 2.05) is 37.3 Å². The van der Waals surface area contributed by atoms with Gasteiger partial charge >= 0.3 is 0 Å². The van der Waals surface area contributed by atoms with Gasteiger partial charge in [-0.3, -0.25) is 14.4 Å². The predicted octanol–water partition coefficient (Wildman–Crippen LogP) is -0.568. The average Bonchev–Trinajstić information content (AvgIpc) is 3.71. The maximum Gasteiger partial charge on any atom is 0.251 e. The zero-order chi connectivity index (χ0) is 43.1. The number of amides is 2. The summed E-state index contributed by atoms with van der Waals surface area (Å²) in [6.07, 6.45) is -11.3. The topological polar surface area (TPSA) is 257 Å². The number of ketones is 1. The second kappa shape index (κ2) is 21.1. The highest BCUT2D eigenvalue weighted by atomic mass is 16.7. The molecule has 1 aliphatic carbocycles. The van der Waals surface area contributed by atoms with E-state index in [0.29, 0.717) is 44.6 Å². The number of nitrogens with one attached hydrogen (secondary N) is 2. The van der Waals surface area contributed by atoms with Gasteiger partial charge in [-0.05, 0) is 52.6 Å². The van der Waals surface area contributed by atoms with Crippen molar-refractivity contribution in [2.24, 2.45) is 5.92 Å². The highest BCUT2D eigenvalue weighted by Gasteiger charge is 2.53. The van der Waals surface area contributed by atoms with Crippen LogP contribution in [-0.2, 0) is 38.1 Å². The van der Waals surface area contributed by atoms with E-state index < -0.39 is 104 Å². The summed E-state index contributed by atoms with van der Waals surface area (Å²) in [6, 6.07) is 7.30. The second-order valence-electron chi connectivity index (χ2n) is 16.3. The number of benzene rings is 1. The molecule has 2 aromatic rings. The molecule has 334 valence electrons. The van der Waals surface area contributed by atoms with E-state index in [1.54, 1.807) is 22.8 Å². The van der Waals surface area contributed by atoms with Crippen molar-refractivity contribution in [2.45, 2.75) is 151 Å². The Labute approximate surface area is 349 Å². The summed E-state index contributed by atoms with van der Waals surface area (Å²) in [5, 5.41) is 69.3. The molecule has 0 bridgehead atoms. The first-order valence-corrected chi connectivity index (χ1v) is 21.2. The van der Waals surface area contributed by atoms with Crippen molar-refractivity contribution < 1.29 is 63.6 Å². The third-order valence-corrected chi connectivity index (χ3v) is 12.0. The predicted molar refractivity (Wildman–Crippen MR) is 212 cm³/mol. The largest absolute Gasteiger partial charge is 0.394 e. The van der Waals surface area contributed by atoms with Crippen LogP contribution in [0.2, 0.25) is 0 Å². The molecule has 6 unspecified atom stereocenters. The maximum absolute atomic E-state index is 14.0. The van der Waals surface area contributed by atoms with Gasteiger partial charge in [0.15, 0.2) is 12.6 Å². The van der Waals surface area contributed by atoms with Crippen LogP contribution in [0.3, 0.4) is 0 Å². The Bertz CT molecular complexity index is 1700. The molecule has 4 heterocycles. The van der Waals surface area contributed by atoms with Crippen molar-refractivity contribution >= 4 is 17.6 Å². The Morgan fingerprint density at radius 1 is 0.967 bits per heavy atom. The smallest absolute Gasteiger partial charge is 0.251 e. The van der Waals surface area contributed by atoms with E-state index in [1.165, 1.54) is 13.8 Å². The standard InChI is InChI=1S/C41H62N6O13/c1-5-11-29(39(55)46-16-10-17-46)57-38-32(43-23(3)49)40(59-31(21-48)34(38)52)58-30-19-25(28(50)14-9-15-42-4)18-27(47-20-26(44-45-47)24-12-7-6-8-13-24)37(30)60-41-36(54)35(53)33(51)22(2)56-41/h6-8,12-13,20,22,25,27,29-38,40-42,48,51-54H,5,9-11,14-19,21H2,1-4H3,(H,43,49)/t22?,25?,27?,29-,30+,31-,32?,33+,34-,35-,36?,37+,38?,40+,41-/m0/s1. The normalized spacial score (nSPS) is 35.0. The van der Waals surface area contributed by atoms with Crippen LogP contribution in [0.15, 0.2) is 36.5 Å². The lowest BCUT2D eigenvalue weighted by atomic mass is 9.78. The van der Waals surface area contributed by atoms with Crippen LogP contribution >= 0.6 is 0 Å². The molecule has 0 radical (unpaired) electrons. The monoisotopic (exact) mass is 846 g/mol. The molecule has 6 rings (SSSR count).